The second kappa shape index (κ2) is 9.18. The van der Waals surface area contributed by atoms with Crippen LogP contribution in [0.15, 0.2) is 0 Å². The molecule has 33 valence electrons. The number of hydrogen-bond donors (Lipinski definition) is 0. The van der Waals surface area contributed by atoms with Crippen molar-refractivity contribution in [1.29, 1.82) is 0 Å². The second-order valence-corrected chi connectivity index (χ2v) is 1.24. The third-order valence-corrected chi connectivity index (χ3v) is 0. The Hall–Kier alpha value is 0.809. The van der Waals surface area contributed by atoms with Crippen molar-refractivity contribution in [2.75, 3.05) is 0 Å². The molecule has 0 aromatic carbocycles. The summed E-state index contributed by atoms with van der Waals surface area (Å²) in [7, 11) is 0. The molecule has 0 N–H and O–H groups in total. The van der Waals surface area contributed by atoms with Crippen molar-refractivity contribution in [1.82, 2.24) is 0 Å². The summed E-state index contributed by atoms with van der Waals surface area (Å²) in [6.07, 6.45) is 0. The maximum atomic E-state index is 2.03. The fourth-order valence-electron chi connectivity index (χ4n) is 0. The molecule has 0 nitrogen and oxygen atoms in total. The van der Waals surface area contributed by atoms with Crippen LogP contribution in [0.5, 0.6) is 0 Å². The normalized spacial score (nSPS) is 5.50. The van der Waals surface area contributed by atoms with E-state index >= 15 is 0 Å². The van der Waals surface area contributed by atoms with E-state index in [1.54, 1.807) is 0 Å². The first-order chi connectivity index (χ1) is 1.41. The van der Waals surface area contributed by atoms with Crippen molar-refractivity contribution in [3.05, 3.63) is 0 Å². The van der Waals surface area contributed by atoms with Crippen molar-refractivity contribution in [2.24, 2.45) is 0 Å². The molecule has 0 unspecified atom stereocenters. The molecular formula is C2H7ClCu. The van der Waals surface area contributed by atoms with Crippen LogP contribution in [0.25, 0.3) is 0 Å². The van der Waals surface area contributed by atoms with Gasteiger partial charge in [-0.2, -0.15) is 0 Å². The number of hydrogen-bond acceptors (Lipinski definition) is 0. The minimum atomic E-state index is 0. The van der Waals surface area contributed by atoms with Crippen LogP contribution in [-0.2, 0) is 15.0 Å². The fraction of sp³-hybridized carbons (Fsp3) is 1.00. The van der Waals surface area contributed by atoms with Crippen molar-refractivity contribution in [3.8, 4) is 0 Å². The Labute approximate surface area is 39.5 Å². The van der Waals surface area contributed by atoms with Gasteiger partial charge in [0.25, 0.3) is 0 Å². The summed E-state index contributed by atoms with van der Waals surface area (Å²) in [5.74, 6) is 4.06. The summed E-state index contributed by atoms with van der Waals surface area (Å²) in [5, 5.41) is 0. The van der Waals surface area contributed by atoms with Crippen molar-refractivity contribution in [3.63, 3.8) is 0 Å². The van der Waals surface area contributed by atoms with E-state index in [1.807, 2.05) is 26.6 Å². The molecule has 0 aliphatic carbocycles. The van der Waals surface area contributed by atoms with Gasteiger partial charge in [0.1, 0.15) is 0 Å². The molecular weight excluding hydrogens is 123 g/mol. The van der Waals surface area contributed by atoms with Gasteiger partial charge in [0.2, 0.25) is 0 Å². The van der Waals surface area contributed by atoms with Gasteiger partial charge in [0, 0.05) is 0 Å². The number of rotatable bonds is 0. The molecule has 0 aliphatic heterocycles. The predicted molar refractivity (Wildman–Crippen MR) is 19.0 cm³/mol. The van der Waals surface area contributed by atoms with E-state index in [0.29, 0.717) is 0 Å². The van der Waals surface area contributed by atoms with Crippen molar-refractivity contribution >= 4 is 12.4 Å². The molecule has 0 amide bonds. The zero-order valence-corrected chi connectivity index (χ0v) is 4.47. The Morgan fingerprint density at radius 3 is 1.25 bits per heavy atom. The first-order valence-corrected chi connectivity index (χ1v) is 2.49. The summed E-state index contributed by atoms with van der Waals surface area (Å²) >= 11 is 1.81. The van der Waals surface area contributed by atoms with Gasteiger partial charge in [-0.05, 0) is 0 Å². The maximum absolute atomic E-state index is 2.03. The Balaban J connectivity index is 0. The van der Waals surface area contributed by atoms with E-state index in [9.17, 15) is 0 Å². The molecule has 0 bridgehead atoms. The summed E-state index contributed by atoms with van der Waals surface area (Å²) < 4.78 is 0. The molecule has 0 aliphatic rings. The Morgan fingerprint density at radius 1 is 1.25 bits per heavy atom. The second-order valence-electron chi connectivity index (χ2n) is 0.302. The van der Waals surface area contributed by atoms with Crippen LogP contribution in [0, 0.1) is 0 Å². The van der Waals surface area contributed by atoms with Crippen molar-refractivity contribution in [2.45, 2.75) is 11.6 Å². The molecule has 0 spiro atoms. The van der Waals surface area contributed by atoms with Crippen LogP contribution in [0.3, 0.4) is 0 Å². The van der Waals surface area contributed by atoms with Gasteiger partial charge in [-0.1, -0.05) is 0 Å². The standard InChI is InChI=1S/2CH3.ClH.Cu/h2*1H3;1H;. The van der Waals surface area contributed by atoms with Crippen LogP contribution >= 0.6 is 12.4 Å². The van der Waals surface area contributed by atoms with E-state index < -0.39 is 0 Å². The van der Waals surface area contributed by atoms with Crippen LogP contribution in [0.4, 0.5) is 0 Å². The van der Waals surface area contributed by atoms with Crippen LogP contribution < -0.4 is 0 Å². The zero-order chi connectivity index (χ0) is 2.71. The van der Waals surface area contributed by atoms with Gasteiger partial charge in [0.15, 0.2) is 0 Å². The predicted octanol–water partition coefficient (Wildman–Crippen LogP) is 1.59. The summed E-state index contributed by atoms with van der Waals surface area (Å²) in [4.78, 5) is 0. The summed E-state index contributed by atoms with van der Waals surface area (Å²) in [6, 6.07) is 0. The van der Waals surface area contributed by atoms with Crippen LogP contribution in [0.1, 0.15) is 0 Å². The fourth-order valence-corrected chi connectivity index (χ4v) is 0. The first-order valence-electron chi connectivity index (χ1n) is 0.603. The van der Waals surface area contributed by atoms with E-state index in [0.717, 1.165) is 0 Å². The Morgan fingerprint density at radius 2 is 1.25 bits per heavy atom. The summed E-state index contributed by atoms with van der Waals surface area (Å²) in [5.41, 5.74) is 0. The molecule has 0 aromatic rings. The van der Waals surface area contributed by atoms with Gasteiger partial charge in [-0.3, -0.25) is 0 Å². The van der Waals surface area contributed by atoms with Gasteiger partial charge >= 0.3 is 26.6 Å². The quantitative estimate of drug-likeness (QED) is 0.437. The van der Waals surface area contributed by atoms with Crippen LogP contribution in [0.2, 0.25) is 11.6 Å². The van der Waals surface area contributed by atoms with Crippen LogP contribution in [-0.4, -0.2) is 0 Å². The van der Waals surface area contributed by atoms with Gasteiger partial charge in [0.05, 0.1) is 0 Å². The third kappa shape index (κ3) is 14.0. The van der Waals surface area contributed by atoms with Gasteiger partial charge < -0.3 is 0 Å². The van der Waals surface area contributed by atoms with Gasteiger partial charge in [-0.25, -0.2) is 0 Å². The topological polar surface area (TPSA) is 0 Å². The molecule has 2 heteroatoms. The average molecular weight is 130 g/mol. The molecule has 0 radical (unpaired) electrons. The monoisotopic (exact) mass is 129 g/mol. The molecule has 0 saturated heterocycles. The third-order valence-electron chi connectivity index (χ3n) is 0. The molecule has 0 aromatic heterocycles. The van der Waals surface area contributed by atoms with E-state index in [-0.39, 0.29) is 12.4 Å². The Kier molecular flexibility index (Phi) is 20.3. The van der Waals surface area contributed by atoms with Crippen molar-refractivity contribution < 1.29 is 15.0 Å². The first kappa shape index (κ1) is 8.84. The molecule has 0 fully saturated rings. The van der Waals surface area contributed by atoms with E-state index in [2.05, 4.69) is 0 Å². The zero-order valence-electron chi connectivity index (χ0n) is 2.71. The molecule has 0 rings (SSSR count). The van der Waals surface area contributed by atoms with E-state index in [1.165, 1.54) is 0 Å². The molecule has 0 atom stereocenters. The molecule has 0 heterocycles. The molecule has 0 saturated carbocycles. The van der Waals surface area contributed by atoms with Gasteiger partial charge in [-0.15, -0.1) is 12.4 Å². The number of halogens is 1. The SMILES string of the molecule is Cl.[CH3][Cu][CH3]. The average Bonchev–Trinajstić information content (AvgIpc) is 0.918. The molecule has 4 heavy (non-hydrogen) atoms. The summed E-state index contributed by atoms with van der Waals surface area (Å²) in [6.45, 7) is 0. The minimum absolute atomic E-state index is 0. The van der Waals surface area contributed by atoms with E-state index in [4.69, 9.17) is 0 Å². The Bertz CT molecular complexity index is 6.00.